The Morgan fingerprint density at radius 1 is 0.941 bits per heavy atom. The number of nitrogens with zero attached hydrogens (tertiary/aromatic N) is 3. The molecular weight excluding hydrogens is 444 g/mol. The number of rotatable bonds is 9. The molecule has 182 valence electrons. The van der Waals surface area contributed by atoms with Crippen LogP contribution >= 0.6 is 11.8 Å². The number of benzene rings is 2. The predicted molar refractivity (Wildman–Crippen MR) is 138 cm³/mol. The molecule has 6 nitrogen and oxygen atoms in total. The van der Waals surface area contributed by atoms with Crippen LogP contribution in [0, 0.1) is 5.41 Å². The number of carbonyl (C=O) groups is 1. The van der Waals surface area contributed by atoms with Crippen molar-refractivity contribution in [3.8, 4) is 0 Å². The zero-order valence-electron chi connectivity index (χ0n) is 21.0. The fourth-order valence-electron chi connectivity index (χ4n) is 3.25. The average molecular weight is 481 g/mol. The van der Waals surface area contributed by atoms with E-state index in [9.17, 15) is 4.79 Å². The van der Waals surface area contributed by atoms with E-state index in [0.717, 1.165) is 16.3 Å². The summed E-state index contributed by atoms with van der Waals surface area (Å²) >= 11 is 1.67. The van der Waals surface area contributed by atoms with Gasteiger partial charge in [0, 0.05) is 10.2 Å². The van der Waals surface area contributed by atoms with Gasteiger partial charge in [0.2, 0.25) is 5.91 Å². The molecule has 1 aromatic heterocycles. The summed E-state index contributed by atoms with van der Waals surface area (Å²) in [6, 6.07) is 19.8. The molecule has 2 aromatic carbocycles. The quantitative estimate of drug-likeness (QED) is 0.402. The van der Waals surface area contributed by atoms with Gasteiger partial charge in [0.1, 0.15) is 6.04 Å². The van der Waals surface area contributed by atoms with Gasteiger partial charge in [-0.05, 0) is 11.1 Å². The smallest absolute Gasteiger partial charge is 0.226 e. The molecule has 1 heterocycles. The minimum Gasteiger partial charge on any atom is -0.374 e. The lowest BCUT2D eigenvalue weighted by molar-refractivity contribution is -0.130. The highest BCUT2D eigenvalue weighted by molar-refractivity contribution is 8.00. The number of thioether (sulfide) groups is 1. The molecule has 0 spiro atoms. The van der Waals surface area contributed by atoms with E-state index in [-0.39, 0.29) is 10.7 Å². The van der Waals surface area contributed by atoms with Crippen molar-refractivity contribution in [3.05, 3.63) is 77.6 Å². The first kappa shape index (κ1) is 26.0. The molecule has 1 unspecified atom stereocenters. The van der Waals surface area contributed by atoms with Crippen LogP contribution in [0.15, 0.2) is 65.8 Å². The number of ether oxygens (including phenoxy) is 1. The Kier molecular flexibility index (Phi) is 8.55. The molecule has 1 atom stereocenters. The summed E-state index contributed by atoms with van der Waals surface area (Å²) in [7, 11) is 0. The van der Waals surface area contributed by atoms with Crippen molar-refractivity contribution in [1.29, 1.82) is 0 Å². The van der Waals surface area contributed by atoms with Gasteiger partial charge < -0.3 is 10.1 Å². The second-order valence-electron chi connectivity index (χ2n) is 10.4. The van der Waals surface area contributed by atoms with Gasteiger partial charge in [0.25, 0.3) is 0 Å². The third-order valence-corrected chi connectivity index (χ3v) is 6.12. The van der Waals surface area contributed by atoms with E-state index in [1.807, 2.05) is 69.3 Å². The Balaban J connectivity index is 1.92. The lowest BCUT2D eigenvalue weighted by atomic mass is 9.95. The van der Waals surface area contributed by atoms with Gasteiger partial charge in [-0.25, -0.2) is 0 Å². The molecule has 7 heteroatoms. The van der Waals surface area contributed by atoms with Gasteiger partial charge in [-0.3, -0.25) is 9.36 Å². The third-order valence-electron chi connectivity index (χ3n) is 5.02. The molecule has 0 bridgehead atoms. The van der Waals surface area contributed by atoms with Gasteiger partial charge in [0.05, 0.1) is 19.8 Å². The maximum absolute atomic E-state index is 13.0. The molecule has 3 rings (SSSR count). The number of nitrogens with one attached hydrogen (secondary N) is 1. The van der Waals surface area contributed by atoms with Crippen LogP contribution in [0.1, 0.15) is 64.5 Å². The van der Waals surface area contributed by atoms with Crippen LogP contribution in [0.5, 0.6) is 0 Å². The van der Waals surface area contributed by atoms with Crippen LogP contribution in [0.2, 0.25) is 0 Å². The minimum absolute atomic E-state index is 0.0350. The SMILES string of the molecule is CC(C)(C)Sc1nnc(C(COCc2ccccc2)NC(=O)C(C)(C)C)n1Cc1ccccc1. The molecule has 0 radical (unpaired) electrons. The standard InChI is InChI=1S/C27H36N4O2S/c1-26(2,3)24(32)28-22(19-33-18-21-15-11-8-12-16-21)23-29-30-25(34-27(4,5)6)31(23)17-20-13-9-7-10-14-20/h7-16,22H,17-19H2,1-6H3,(H,28,32). The van der Waals surface area contributed by atoms with Gasteiger partial charge in [-0.15, -0.1) is 10.2 Å². The first-order chi connectivity index (χ1) is 16.0. The van der Waals surface area contributed by atoms with E-state index in [2.05, 4.69) is 53.0 Å². The van der Waals surface area contributed by atoms with Crippen molar-refractivity contribution in [2.75, 3.05) is 6.61 Å². The van der Waals surface area contributed by atoms with E-state index in [4.69, 9.17) is 4.74 Å². The topological polar surface area (TPSA) is 69.0 Å². The average Bonchev–Trinajstić information content (AvgIpc) is 3.14. The summed E-state index contributed by atoms with van der Waals surface area (Å²) in [4.78, 5) is 13.0. The summed E-state index contributed by atoms with van der Waals surface area (Å²) in [6.07, 6.45) is 0. The zero-order chi connectivity index (χ0) is 24.8. The summed E-state index contributed by atoms with van der Waals surface area (Å²) < 4.78 is 8.13. The van der Waals surface area contributed by atoms with Crippen molar-refractivity contribution in [3.63, 3.8) is 0 Å². The Hall–Kier alpha value is -2.64. The monoisotopic (exact) mass is 480 g/mol. The van der Waals surface area contributed by atoms with E-state index in [1.54, 1.807) is 11.8 Å². The molecule has 3 aromatic rings. The molecule has 0 aliphatic heterocycles. The van der Waals surface area contributed by atoms with Crippen LogP contribution in [0.25, 0.3) is 0 Å². The summed E-state index contributed by atoms with van der Waals surface area (Å²) in [6.45, 7) is 13.5. The third kappa shape index (κ3) is 7.71. The largest absolute Gasteiger partial charge is 0.374 e. The molecule has 0 saturated carbocycles. The van der Waals surface area contributed by atoms with E-state index in [0.29, 0.717) is 25.6 Å². The Morgan fingerprint density at radius 2 is 1.53 bits per heavy atom. The fourth-order valence-corrected chi connectivity index (χ4v) is 4.14. The maximum atomic E-state index is 13.0. The Morgan fingerprint density at radius 3 is 2.09 bits per heavy atom. The summed E-state index contributed by atoms with van der Waals surface area (Å²) in [5.74, 6) is 0.640. The van der Waals surface area contributed by atoms with Crippen molar-refractivity contribution < 1.29 is 9.53 Å². The molecule has 1 N–H and O–H groups in total. The van der Waals surface area contributed by atoms with E-state index in [1.165, 1.54) is 0 Å². The molecule has 34 heavy (non-hydrogen) atoms. The molecule has 0 aliphatic carbocycles. The first-order valence-corrected chi connectivity index (χ1v) is 12.4. The highest BCUT2D eigenvalue weighted by Gasteiger charge is 2.29. The van der Waals surface area contributed by atoms with Crippen molar-refractivity contribution in [1.82, 2.24) is 20.1 Å². The van der Waals surface area contributed by atoms with Crippen LogP contribution < -0.4 is 5.32 Å². The van der Waals surface area contributed by atoms with Crippen molar-refractivity contribution >= 4 is 17.7 Å². The minimum atomic E-state index is -0.537. The summed E-state index contributed by atoms with van der Waals surface area (Å²) in [5.41, 5.74) is 1.69. The first-order valence-electron chi connectivity index (χ1n) is 11.6. The normalized spacial score (nSPS) is 13.0. The lowest BCUT2D eigenvalue weighted by Gasteiger charge is -2.25. The maximum Gasteiger partial charge on any atom is 0.226 e. The van der Waals surface area contributed by atoms with Crippen LogP contribution in [0.4, 0.5) is 0 Å². The molecule has 1 amide bonds. The van der Waals surface area contributed by atoms with Crippen LogP contribution in [-0.4, -0.2) is 32.0 Å². The van der Waals surface area contributed by atoms with Gasteiger partial charge in [-0.1, -0.05) is 114 Å². The second-order valence-corrected chi connectivity index (χ2v) is 12.2. The number of aromatic nitrogens is 3. The second kappa shape index (κ2) is 11.2. The number of hydrogen-bond donors (Lipinski definition) is 1. The van der Waals surface area contributed by atoms with E-state index >= 15 is 0 Å². The van der Waals surface area contributed by atoms with E-state index < -0.39 is 11.5 Å². The van der Waals surface area contributed by atoms with Crippen molar-refractivity contribution in [2.24, 2.45) is 5.41 Å². The molecular formula is C27H36N4O2S. The fraction of sp³-hybridized carbons (Fsp3) is 0.444. The highest BCUT2D eigenvalue weighted by atomic mass is 32.2. The van der Waals surface area contributed by atoms with Gasteiger partial charge >= 0.3 is 0 Å². The predicted octanol–water partition coefficient (Wildman–Crippen LogP) is 5.64. The number of carbonyl (C=O) groups excluding carboxylic acids is 1. The zero-order valence-corrected chi connectivity index (χ0v) is 21.9. The van der Waals surface area contributed by atoms with Crippen LogP contribution in [-0.2, 0) is 22.7 Å². The Labute approximate surface area is 207 Å². The molecule has 0 aliphatic rings. The van der Waals surface area contributed by atoms with Crippen molar-refractivity contribution in [2.45, 2.75) is 70.6 Å². The number of hydrogen-bond acceptors (Lipinski definition) is 5. The Bertz CT molecular complexity index is 1050. The van der Waals surface area contributed by atoms with Crippen LogP contribution in [0.3, 0.4) is 0 Å². The van der Waals surface area contributed by atoms with Gasteiger partial charge in [-0.2, -0.15) is 0 Å². The molecule has 0 fully saturated rings. The highest BCUT2D eigenvalue weighted by Crippen LogP contribution is 2.32. The van der Waals surface area contributed by atoms with Gasteiger partial charge in [0.15, 0.2) is 11.0 Å². The molecule has 0 saturated heterocycles. The summed E-state index contributed by atoms with van der Waals surface area (Å²) in [5, 5.41) is 13.1. The number of amides is 1. The lowest BCUT2D eigenvalue weighted by Crippen LogP contribution is -2.40.